The van der Waals surface area contributed by atoms with Crippen LogP contribution in [-0.2, 0) is 0 Å². The zero-order chi connectivity index (χ0) is 23.6. The van der Waals surface area contributed by atoms with Gasteiger partial charge in [0.05, 0.1) is 9.85 Å². The van der Waals surface area contributed by atoms with Crippen LogP contribution in [0.15, 0.2) is 53.6 Å². The van der Waals surface area contributed by atoms with Gasteiger partial charge in [-0.15, -0.1) is 10.2 Å². The first-order chi connectivity index (χ1) is 15.8. The molecule has 2 aromatic rings. The Bertz CT molecular complexity index is 1130. The molecule has 0 aromatic heterocycles. The number of non-ortho nitro benzene ring substituents is 2. The van der Waals surface area contributed by atoms with E-state index in [1.165, 1.54) is 29.1 Å². The van der Waals surface area contributed by atoms with E-state index in [0.717, 1.165) is 25.7 Å². The quantitative estimate of drug-likeness (QED) is 0.291. The Morgan fingerprint density at radius 2 is 1.42 bits per heavy atom. The summed E-state index contributed by atoms with van der Waals surface area (Å²) in [6.07, 6.45) is 6.23. The highest BCUT2D eigenvalue weighted by atomic mass is 16.6. The average molecular weight is 453 g/mol. The molecule has 0 bridgehead atoms. The van der Waals surface area contributed by atoms with Crippen molar-refractivity contribution in [2.75, 3.05) is 0 Å². The van der Waals surface area contributed by atoms with Crippen molar-refractivity contribution in [3.63, 3.8) is 0 Å². The largest absolute Gasteiger partial charge is 0.379 e. The van der Waals surface area contributed by atoms with Crippen LogP contribution in [0.2, 0.25) is 0 Å². The third-order valence-electron chi connectivity index (χ3n) is 6.25. The molecule has 2 atom stereocenters. The summed E-state index contributed by atoms with van der Waals surface area (Å²) in [5.74, 6) is 0. The van der Waals surface area contributed by atoms with Gasteiger partial charge in [-0.1, -0.05) is 19.3 Å². The predicted octanol–water partition coefficient (Wildman–Crippen LogP) is 5.08. The molecule has 2 aliphatic rings. The number of rotatable bonds is 5. The van der Waals surface area contributed by atoms with Crippen LogP contribution < -0.4 is 0 Å². The molecule has 11 heteroatoms. The van der Waals surface area contributed by atoms with E-state index in [1.807, 2.05) is 11.5 Å². The van der Waals surface area contributed by atoms with Crippen LogP contribution in [0.25, 0.3) is 5.43 Å². The smallest absolute Gasteiger partial charge is 0.269 e. The number of aliphatic hydroxyl groups is 1. The highest BCUT2D eigenvalue weighted by Gasteiger charge is 2.62. The number of nitro groups is 2. The molecular formula is C22H25N6O5+. The van der Waals surface area contributed by atoms with E-state index >= 15 is 0 Å². The fourth-order valence-electron chi connectivity index (χ4n) is 4.59. The fraction of sp³-hybridized carbons (Fsp3) is 0.409. The Kier molecular flexibility index (Phi) is 5.90. The number of nitrogens with zero attached hydrogens (tertiary/aromatic N) is 6. The van der Waals surface area contributed by atoms with Crippen LogP contribution >= 0.6 is 0 Å². The fourth-order valence-corrected chi connectivity index (χ4v) is 4.59. The summed E-state index contributed by atoms with van der Waals surface area (Å²) in [7, 11) is 0. The number of hydrogen-bond acceptors (Lipinski definition) is 6. The summed E-state index contributed by atoms with van der Waals surface area (Å²) in [4.78, 5) is 22.5. The molecule has 1 aliphatic heterocycles. The Balaban J connectivity index is 1.78. The van der Waals surface area contributed by atoms with Gasteiger partial charge in [-0.3, -0.25) is 20.2 Å². The Labute approximate surface area is 190 Å². The standard InChI is InChI=1S/C22H25N6O5/c1-2-25(17-7-11-19(12-8-17)27(30)31)21-15-5-3-4-6-16-22(21,29)24-26(23-21)18-9-13-20(14-10-18)28(32)33/h2,7-14,29H,3-6,15-16H2,1H3/q+1/b25-2+/t21-,22+/m0/s1. The highest BCUT2D eigenvalue weighted by Crippen LogP contribution is 2.50. The molecule has 1 N–H and O–H groups in total. The van der Waals surface area contributed by atoms with Gasteiger partial charge in [0.1, 0.15) is 6.21 Å². The average Bonchev–Trinajstić information content (AvgIpc) is 3.07. The number of benzene rings is 2. The van der Waals surface area contributed by atoms with Crippen molar-refractivity contribution in [2.45, 2.75) is 56.8 Å². The van der Waals surface area contributed by atoms with E-state index in [2.05, 4.69) is 5.11 Å². The number of hydrogen-bond donors (Lipinski definition) is 1. The molecule has 0 amide bonds. The van der Waals surface area contributed by atoms with Crippen molar-refractivity contribution in [3.05, 3.63) is 74.2 Å². The molecule has 1 fully saturated rings. The van der Waals surface area contributed by atoms with E-state index in [0.29, 0.717) is 24.2 Å². The lowest BCUT2D eigenvalue weighted by Crippen LogP contribution is -2.56. The summed E-state index contributed by atoms with van der Waals surface area (Å²) in [5, 5.41) is 38.6. The predicted molar refractivity (Wildman–Crippen MR) is 119 cm³/mol. The Morgan fingerprint density at radius 3 is 1.97 bits per heavy atom. The molecule has 172 valence electrons. The summed E-state index contributed by atoms with van der Waals surface area (Å²) in [6.45, 7) is 1.82. The molecular weight excluding hydrogens is 428 g/mol. The van der Waals surface area contributed by atoms with Crippen molar-refractivity contribution in [1.29, 1.82) is 0 Å². The van der Waals surface area contributed by atoms with Crippen molar-refractivity contribution in [1.82, 2.24) is 0 Å². The van der Waals surface area contributed by atoms with Gasteiger partial charge < -0.3 is 5.11 Å². The molecule has 1 heterocycles. The second-order valence-corrected chi connectivity index (χ2v) is 8.21. The van der Waals surface area contributed by atoms with Crippen LogP contribution in [0.1, 0.15) is 45.4 Å². The van der Waals surface area contributed by atoms with Crippen LogP contribution in [0.5, 0.6) is 0 Å². The third-order valence-corrected chi connectivity index (χ3v) is 6.25. The van der Waals surface area contributed by atoms with Crippen molar-refractivity contribution in [2.24, 2.45) is 5.11 Å². The van der Waals surface area contributed by atoms with E-state index in [1.54, 1.807) is 30.5 Å². The lowest BCUT2D eigenvalue weighted by Gasteiger charge is -2.39. The van der Waals surface area contributed by atoms with Crippen LogP contribution in [0, 0.1) is 20.2 Å². The van der Waals surface area contributed by atoms with Crippen LogP contribution in [-0.4, -0.2) is 41.9 Å². The first kappa shape index (κ1) is 22.5. The van der Waals surface area contributed by atoms with E-state index in [4.69, 9.17) is 5.43 Å². The second-order valence-electron chi connectivity index (χ2n) is 8.21. The van der Waals surface area contributed by atoms with Crippen molar-refractivity contribution < 1.29 is 24.3 Å². The molecule has 0 saturated heterocycles. The molecule has 2 aromatic carbocycles. The van der Waals surface area contributed by atoms with E-state index < -0.39 is 21.2 Å². The Morgan fingerprint density at radius 1 is 0.909 bits per heavy atom. The van der Waals surface area contributed by atoms with Gasteiger partial charge in [0, 0.05) is 61.9 Å². The lowest BCUT2D eigenvalue weighted by molar-refractivity contribution is -0.564. The van der Waals surface area contributed by atoms with Gasteiger partial charge in [0.25, 0.3) is 17.0 Å². The van der Waals surface area contributed by atoms with Crippen LogP contribution in [0.3, 0.4) is 0 Å². The number of fused-ring (bicyclic) bond motifs is 1. The molecule has 0 spiro atoms. The lowest BCUT2D eigenvalue weighted by atomic mass is 9.83. The zero-order valence-corrected chi connectivity index (χ0v) is 18.2. The summed E-state index contributed by atoms with van der Waals surface area (Å²) in [5.41, 5.74) is 3.22. The van der Waals surface area contributed by atoms with Gasteiger partial charge >= 0.3 is 0 Å². The zero-order valence-electron chi connectivity index (χ0n) is 18.2. The van der Waals surface area contributed by atoms with Gasteiger partial charge in [0.15, 0.2) is 5.72 Å². The maximum absolute atomic E-state index is 11.9. The third kappa shape index (κ3) is 3.95. The monoisotopic (exact) mass is 453 g/mol. The van der Waals surface area contributed by atoms with Crippen molar-refractivity contribution in [3.8, 4) is 0 Å². The second kappa shape index (κ2) is 8.66. The first-order valence-corrected chi connectivity index (χ1v) is 10.9. The molecule has 1 aliphatic carbocycles. The normalized spacial score (nSPS) is 25.3. The molecule has 0 radical (unpaired) electrons. The minimum Gasteiger partial charge on any atom is -0.379 e. The Hall–Kier alpha value is -3.73. The van der Waals surface area contributed by atoms with Crippen molar-refractivity contribution >= 4 is 29.0 Å². The molecule has 11 nitrogen and oxygen atoms in total. The molecule has 1 saturated carbocycles. The molecule has 33 heavy (non-hydrogen) atoms. The number of azo groups is 1. The first-order valence-electron chi connectivity index (χ1n) is 10.9. The summed E-state index contributed by atoms with van der Waals surface area (Å²) >= 11 is 0. The minimum atomic E-state index is -1.55. The van der Waals surface area contributed by atoms with E-state index in [-0.39, 0.29) is 11.4 Å². The maximum atomic E-state index is 11.9. The molecule has 0 unspecified atom stereocenters. The van der Waals surface area contributed by atoms with Gasteiger partial charge in [-0.2, -0.15) is 9.69 Å². The number of nitro benzene ring substituents is 2. The van der Waals surface area contributed by atoms with Gasteiger partial charge in [-0.05, 0) is 12.8 Å². The SMILES string of the molecule is C/C=[N+](\c1ccc([N+](=O)[O-])cc1)[C@@]12CCCCCC[C@]1(O)N=[N+](c1ccc([N+](=O)[O-])cc1)[N-]2. The van der Waals surface area contributed by atoms with Gasteiger partial charge in [-0.25, -0.2) is 0 Å². The summed E-state index contributed by atoms with van der Waals surface area (Å²) in [6, 6.07) is 12.0. The molecule has 4 rings (SSSR count). The van der Waals surface area contributed by atoms with Crippen LogP contribution in [0.4, 0.5) is 22.7 Å². The summed E-state index contributed by atoms with van der Waals surface area (Å²) < 4.78 is 1.83. The maximum Gasteiger partial charge on any atom is 0.269 e. The van der Waals surface area contributed by atoms with E-state index in [9.17, 15) is 25.3 Å². The highest BCUT2D eigenvalue weighted by molar-refractivity contribution is 5.53. The van der Waals surface area contributed by atoms with Gasteiger partial charge in [0.2, 0.25) is 11.4 Å². The minimum absolute atomic E-state index is 0.0271. The topological polar surface area (TPSA) is 139 Å².